The summed E-state index contributed by atoms with van der Waals surface area (Å²) in [6.07, 6.45) is 8.41. The Morgan fingerprint density at radius 3 is 2.24 bits per heavy atom. The summed E-state index contributed by atoms with van der Waals surface area (Å²) >= 11 is 0. The first-order valence-corrected chi connectivity index (χ1v) is 10.6. The van der Waals surface area contributed by atoms with Crippen molar-refractivity contribution in [3.05, 3.63) is 102 Å². The van der Waals surface area contributed by atoms with E-state index >= 15 is 0 Å². The van der Waals surface area contributed by atoms with Gasteiger partial charge in [-0.05, 0) is 54.4 Å². The molecule has 1 atom stereocenters. The number of pyridine rings is 1. The van der Waals surface area contributed by atoms with E-state index in [4.69, 9.17) is 0 Å². The van der Waals surface area contributed by atoms with E-state index in [0.29, 0.717) is 12.3 Å². The van der Waals surface area contributed by atoms with Gasteiger partial charge in [0, 0.05) is 30.8 Å². The fraction of sp³-hybridized carbons (Fsp3) is 0.308. The van der Waals surface area contributed by atoms with Crippen molar-refractivity contribution in [1.29, 1.82) is 0 Å². The van der Waals surface area contributed by atoms with E-state index in [1.165, 1.54) is 16.7 Å². The van der Waals surface area contributed by atoms with E-state index in [2.05, 4.69) is 77.0 Å². The van der Waals surface area contributed by atoms with E-state index in [-0.39, 0.29) is 11.3 Å². The van der Waals surface area contributed by atoms with Crippen molar-refractivity contribution in [2.75, 3.05) is 6.54 Å². The van der Waals surface area contributed by atoms with Crippen LogP contribution in [0.1, 0.15) is 42.4 Å². The third-order valence-electron chi connectivity index (χ3n) is 6.05. The van der Waals surface area contributed by atoms with E-state index in [0.717, 1.165) is 32.2 Å². The standard InChI is InChI=1S/C26H28N2O/c29-25(28-17-8-7-10-21-11-9-16-27-20-21)18-24-19-26(24,22-12-3-1-4-13-22)23-14-5-2-6-15-23/h1-6,9,11-16,20,24H,7-8,10,17-19H2,(H,28,29)/t24-/m0/s1. The van der Waals surface area contributed by atoms with Crippen molar-refractivity contribution in [3.63, 3.8) is 0 Å². The molecule has 0 spiro atoms. The molecule has 29 heavy (non-hydrogen) atoms. The van der Waals surface area contributed by atoms with Crippen molar-refractivity contribution >= 4 is 5.91 Å². The second-order valence-electron chi connectivity index (χ2n) is 7.98. The van der Waals surface area contributed by atoms with Crippen molar-refractivity contribution in [2.45, 2.75) is 37.5 Å². The lowest BCUT2D eigenvalue weighted by atomic mass is 9.85. The maximum atomic E-state index is 12.6. The van der Waals surface area contributed by atoms with E-state index in [1.807, 2.05) is 12.3 Å². The first kappa shape index (κ1) is 19.4. The topological polar surface area (TPSA) is 42.0 Å². The zero-order valence-corrected chi connectivity index (χ0v) is 16.8. The van der Waals surface area contributed by atoms with Gasteiger partial charge in [0.2, 0.25) is 5.91 Å². The van der Waals surface area contributed by atoms with Crippen LogP contribution >= 0.6 is 0 Å². The first-order chi connectivity index (χ1) is 14.3. The highest BCUT2D eigenvalue weighted by Gasteiger charge is 2.56. The Balaban J connectivity index is 1.29. The minimum atomic E-state index is -0.0137. The Morgan fingerprint density at radius 1 is 0.931 bits per heavy atom. The smallest absolute Gasteiger partial charge is 0.220 e. The number of benzene rings is 2. The molecule has 1 heterocycles. The number of hydrogen-bond donors (Lipinski definition) is 1. The summed E-state index contributed by atoms with van der Waals surface area (Å²) in [6.45, 7) is 0.746. The molecule has 4 rings (SSSR count). The van der Waals surface area contributed by atoms with Gasteiger partial charge >= 0.3 is 0 Å². The largest absolute Gasteiger partial charge is 0.356 e. The maximum absolute atomic E-state index is 12.6. The quantitative estimate of drug-likeness (QED) is 0.532. The zero-order valence-electron chi connectivity index (χ0n) is 16.8. The molecule has 1 saturated carbocycles. The van der Waals surface area contributed by atoms with Gasteiger partial charge in [-0.25, -0.2) is 0 Å². The number of rotatable bonds is 9. The third-order valence-corrected chi connectivity index (χ3v) is 6.05. The number of unbranched alkanes of at least 4 members (excludes halogenated alkanes) is 1. The van der Waals surface area contributed by atoms with Crippen LogP contribution in [0.25, 0.3) is 0 Å². The Kier molecular flexibility index (Phi) is 6.04. The predicted molar refractivity (Wildman–Crippen MR) is 117 cm³/mol. The van der Waals surface area contributed by atoms with Crippen LogP contribution in [0, 0.1) is 5.92 Å². The first-order valence-electron chi connectivity index (χ1n) is 10.6. The summed E-state index contributed by atoms with van der Waals surface area (Å²) in [5.41, 5.74) is 3.88. The van der Waals surface area contributed by atoms with Crippen LogP contribution in [0.15, 0.2) is 85.2 Å². The Bertz CT molecular complexity index is 870. The lowest BCUT2D eigenvalue weighted by Crippen LogP contribution is -2.26. The number of carbonyl (C=O) groups excluding carboxylic acids is 1. The van der Waals surface area contributed by atoms with Crippen LogP contribution in [-0.2, 0) is 16.6 Å². The average molecular weight is 385 g/mol. The van der Waals surface area contributed by atoms with Crippen LogP contribution in [-0.4, -0.2) is 17.4 Å². The molecule has 0 saturated heterocycles. The molecule has 0 aliphatic heterocycles. The molecule has 1 aliphatic carbocycles. The lowest BCUT2D eigenvalue weighted by Gasteiger charge is -2.19. The normalized spacial score (nSPS) is 16.9. The number of hydrogen-bond acceptors (Lipinski definition) is 2. The molecule has 1 fully saturated rings. The number of nitrogens with one attached hydrogen (secondary N) is 1. The zero-order chi connectivity index (χ0) is 19.9. The van der Waals surface area contributed by atoms with Crippen LogP contribution in [0.3, 0.4) is 0 Å². The van der Waals surface area contributed by atoms with Gasteiger partial charge in [0.05, 0.1) is 0 Å². The lowest BCUT2D eigenvalue weighted by molar-refractivity contribution is -0.121. The van der Waals surface area contributed by atoms with Gasteiger partial charge in [0.1, 0.15) is 0 Å². The maximum Gasteiger partial charge on any atom is 0.220 e. The molecule has 0 bridgehead atoms. The molecule has 1 aliphatic rings. The molecule has 0 unspecified atom stereocenters. The molecule has 1 aromatic heterocycles. The Morgan fingerprint density at radius 2 is 1.62 bits per heavy atom. The van der Waals surface area contributed by atoms with Crippen LogP contribution in [0.2, 0.25) is 0 Å². The molecule has 0 radical (unpaired) electrons. The molecule has 3 aromatic rings. The van der Waals surface area contributed by atoms with Crippen molar-refractivity contribution < 1.29 is 4.79 Å². The van der Waals surface area contributed by atoms with Gasteiger partial charge in [-0.2, -0.15) is 0 Å². The third kappa shape index (κ3) is 4.56. The SMILES string of the molecule is O=C(C[C@H]1CC1(c1ccccc1)c1ccccc1)NCCCCc1cccnc1. The summed E-state index contributed by atoms with van der Waals surface area (Å²) in [5, 5.41) is 3.13. The second-order valence-corrected chi connectivity index (χ2v) is 7.98. The molecule has 1 N–H and O–H groups in total. The minimum Gasteiger partial charge on any atom is -0.356 e. The monoisotopic (exact) mass is 384 g/mol. The summed E-state index contributed by atoms with van der Waals surface area (Å²) in [6, 6.07) is 25.4. The van der Waals surface area contributed by atoms with E-state index < -0.39 is 0 Å². The summed E-state index contributed by atoms with van der Waals surface area (Å²) in [4.78, 5) is 16.7. The molecule has 148 valence electrons. The average Bonchev–Trinajstić information content (AvgIpc) is 3.50. The molecular formula is C26H28N2O. The Hall–Kier alpha value is -2.94. The Labute approximate surface area is 173 Å². The van der Waals surface area contributed by atoms with Crippen LogP contribution < -0.4 is 5.32 Å². The molecule has 1 amide bonds. The van der Waals surface area contributed by atoms with Gasteiger partial charge in [-0.3, -0.25) is 9.78 Å². The molecule has 3 heteroatoms. The number of aryl methyl sites for hydroxylation is 1. The van der Waals surface area contributed by atoms with Crippen molar-refractivity contribution in [2.24, 2.45) is 5.92 Å². The minimum absolute atomic E-state index is 0.0137. The predicted octanol–water partition coefficient (Wildman–Crippen LogP) is 4.92. The van der Waals surface area contributed by atoms with Gasteiger partial charge in [-0.15, -0.1) is 0 Å². The van der Waals surface area contributed by atoms with E-state index in [9.17, 15) is 4.79 Å². The van der Waals surface area contributed by atoms with Gasteiger partial charge in [0.15, 0.2) is 0 Å². The van der Waals surface area contributed by atoms with Gasteiger partial charge in [-0.1, -0.05) is 66.7 Å². The molecule has 3 nitrogen and oxygen atoms in total. The van der Waals surface area contributed by atoms with Crippen LogP contribution in [0.4, 0.5) is 0 Å². The molecule has 2 aromatic carbocycles. The van der Waals surface area contributed by atoms with E-state index in [1.54, 1.807) is 6.20 Å². The fourth-order valence-electron chi connectivity index (χ4n) is 4.44. The number of aromatic nitrogens is 1. The number of nitrogens with zero attached hydrogens (tertiary/aromatic N) is 1. The highest BCUT2D eigenvalue weighted by Crippen LogP contribution is 2.60. The van der Waals surface area contributed by atoms with Gasteiger partial charge < -0.3 is 5.32 Å². The van der Waals surface area contributed by atoms with Crippen molar-refractivity contribution in [3.8, 4) is 0 Å². The van der Waals surface area contributed by atoms with Gasteiger partial charge in [0.25, 0.3) is 0 Å². The summed E-state index contributed by atoms with van der Waals surface area (Å²) in [7, 11) is 0. The number of carbonyl (C=O) groups is 1. The fourth-order valence-corrected chi connectivity index (χ4v) is 4.44. The summed E-state index contributed by atoms with van der Waals surface area (Å²) < 4.78 is 0. The van der Waals surface area contributed by atoms with Crippen LogP contribution in [0.5, 0.6) is 0 Å². The van der Waals surface area contributed by atoms with Crippen molar-refractivity contribution in [1.82, 2.24) is 10.3 Å². The highest BCUT2D eigenvalue weighted by molar-refractivity contribution is 5.77. The number of amides is 1. The highest BCUT2D eigenvalue weighted by atomic mass is 16.1. The second kappa shape index (κ2) is 9.04. The molecular weight excluding hydrogens is 356 g/mol. The summed E-state index contributed by atoms with van der Waals surface area (Å²) in [5.74, 6) is 0.535.